The van der Waals surface area contributed by atoms with Crippen molar-refractivity contribution in [1.29, 1.82) is 0 Å². The maximum atomic E-state index is 13.9. The number of thiophene rings is 1. The molecule has 9 nitrogen and oxygen atoms in total. The van der Waals surface area contributed by atoms with Crippen LogP contribution in [0.5, 0.6) is 0 Å². The summed E-state index contributed by atoms with van der Waals surface area (Å²) >= 11 is 1.43. The number of aliphatic hydroxyl groups excluding tert-OH is 1. The van der Waals surface area contributed by atoms with Crippen LogP contribution in [-0.4, -0.2) is 42.2 Å². The molecule has 1 aromatic heterocycles. The van der Waals surface area contributed by atoms with E-state index in [0.29, 0.717) is 12.8 Å². The molecule has 2 amide bonds. The number of carbonyl (C=O) groups is 2. The van der Waals surface area contributed by atoms with Crippen molar-refractivity contribution in [1.82, 2.24) is 15.7 Å². The molecule has 0 aliphatic heterocycles. The van der Waals surface area contributed by atoms with Crippen molar-refractivity contribution in [2.45, 2.75) is 77.8 Å². The Balaban J connectivity index is 1.81. The number of aliphatic hydroxyl groups is 1. The highest BCUT2D eigenvalue weighted by Crippen LogP contribution is 2.44. The van der Waals surface area contributed by atoms with Gasteiger partial charge in [0.25, 0.3) is 0 Å². The number of benzene rings is 2. The van der Waals surface area contributed by atoms with Crippen molar-refractivity contribution >= 4 is 30.9 Å². The lowest BCUT2D eigenvalue weighted by Gasteiger charge is -2.30. The number of nitrogens with one attached hydrogen (secondary N) is 3. The molecule has 0 radical (unpaired) electrons. The van der Waals surface area contributed by atoms with Gasteiger partial charge in [0.1, 0.15) is 18.2 Å². The van der Waals surface area contributed by atoms with E-state index in [2.05, 4.69) is 15.7 Å². The highest BCUT2D eigenvalue weighted by Gasteiger charge is 2.35. The van der Waals surface area contributed by atoms with E-state index in [-0.39, 0.29) is 30.8 Å². The maximum absolute atomic E-state index is 13.9. The van der Waals surface area contributed by atoms with E-state index in [9.17, 15) is 19.3 Å². The van der Waals surface area contributed by atoms with Crippen LogP contribution in [-0.2, 0) is 36.2 Å². The molecule has 1 unspecified atom stereocenters. The van der Waals surface area contributed by atoms with E-state index in [1.165, 1.54) is 18.4 Å². The number of rotatable bonds is 18. The van der Waals surface area contributed by atoms with Gasteiger partial charge in [-0.05, 0) is 53.7 Å². The number of hydrogen-bond donors (Lipinski definition) is 4. The third-order valence-corrected chi connectivity index (χ3v) is 9.53. The van der Waals surface area contributed by atoms with Gasteiger partial charge in [0.2, 0.25) is 11.8 Å². The standard InChI is InChI=1S/C33H46N3O6PS/c1-23(2)19-27(31(37)30-17-12-18-44-30)34-32(38)28(20-24(3)4)35-33(39)29(21-25-13-8-6-9-14-25)36-43(40,41-5)42-22-26-15-10-7-11-16-26/h6-18,23-24,27-29,31,37H,19-22H2,1-5H3,(H,34,38)(H,35,39)(H,36,40)/t27-,28-,29-,31+,43?/m0/s1. The average Bonchev–Trinajstić information content (AvgIpc) is 3.54. The maximum Gasteiger partial charge on any atom is 0.406 e. The van der Waals surface area contributed by atoms with Crippen LogP contribution in [0.25, 0.3) is 0 Å². The molecule has 11 heteroatoms. The van der Waals surface area contributed by atoms with Crippen LogP contribution >= 0.6 is 19.1 Å². The second kappa shape index (κ2) is 17.6. The van der Waals surface area contributed by atoms with Crippen LogP contribution < -0.4 is 15.7 Å². The van der Waals surface area contributed by atoms with E-state index in [1.807, 2.05) is 106 Å². The Morgan fingerprint density at radius 2 is 1.41 bits per heavy atom. The molecule has 0 aliphatic carbocycles. The van der Waals surface area contributed by atoms with Crippen molar-refractivity contribution in [2.75, 3.05) is 7.11 Å². The molecule has 44 heavy (non-hydrogen) atoms. The Hall–Kier alpha value is -2.85. The summed E-state index contributed by atoms with van der Waals surface area (Å²) in [6.07, 6.45) is 0.225. The smallest absolute Gasteiger partial charge is 0.385 e. The molecule has 1 heterocycles. The van der Waals surface area contributed by atoms with Crippen LogP contribution in [0, 0.1) is 11.8 Å². The second-order valence-corrected chi connectivity index (χ2v) is 14.6. The van der Waals surface area contributed by atoms with Crippen molar-refractivity contribution in [3.8, 4) is 0 Å². The highest BCUT2D eigenvalue weighted by molar-refractivity contribution is 7.51. The molecular weight excluding hydrogens is 597 g/mol. The van der Waals surface area contributed by atoms with Crippen molar-refractivity contribution in [3.05, 3.63) is 94.2 Å². The first-order chi connectivity index (χ1) is 21.0. The molecule has 0 fully saturated rings. The summed E-state index contributed by atoms with van der Waals surface area (Å²) in [5.41, 5.74) is 1.62. The van der Waals surface area contributed by atoms with Gasteiger partial charge in [-0.3, -0.25) is 14.1 Å². The van der Waals surface area contributed by atoms with Crippen molar-refractivity contribution < 1.29 is 28.3 Å². The van der Waals surface area contributed by atoms with Gasteiger partial charge in [0.15, 0.2) is 0 Å². The Morgan fingerprint density at radius 1 is 0.818 bits per heavy atom. The minimum atomic E-state index is -3.93. The van der Waals surface area contributed by atoms with Gasteiger partial charge >= 0.3 is 7.75 Å². The van der Waals surface area contributed by atoms with E-state index < -0.39 is 37.9 Å². The van der Waals surface area contributed by atoms with E-state index in [0.717, 1.165) is 16.0 Å². The quantitative estimate of drug-likeness (QED) is 0.125. The predicted octanol–water partition coefficient (Wildman–Crippen LogP) is 6.02. The van der Waals surface area contributed by atoms with E-state index in [1.54, 1.807) is 0 Å². The zero-order chi connectivity index (χ0) is 32.1. The SMILES string of the molecule is COP(=O)(N[C@@H](Cc1ccccc1)C(=O)N[C@@H](CC(C)C)C(=O)N[C@@H](CC(C)C)[C@@H](O)c1cccs1)OCc1ccccc1. The summed E-state index contributed by atoms with van der Waals surface area (Å²) in [5, 5.41) is 21.7. The zero-order valence-corrected chi connectivity index (χ0v) is 27.9. The highest BCUT2D eigenvalue weighted by atomic mass is 32.1. The zero-order valence-electron chi connectivity index (χ0n) is 26.1. The molecule has 0 spiro atoms. The number of amides is 2. The second-order valence-electron chi connectivity index (χ2n) is 11.7. The molecule has 4 N–H and O–H groups in total. The first kappa shape index (κ1) is 35.6. The first-order valence-electron chi connectivity index (χ1n) is 15.0. The van der Waals surface area contributed by atoms with Crippen LogP contribution in [0.15, 0.2) is 78.2 Å². The van der Waals surface area contributed by atoms with Crippen molar-refractivity contribution in [2.24, 2.45) is 11.8 Å². The fourth-order valence-corrected chi connectivity index (χ4v) is 6.77. The first-order valence-corrected chi connectivity index (χ1v) is 17.4. The van der Waals surface area contributed by atoms with Gasteiger partial charge in [0, 0.05) is 12.0 Å². The summed E-state index contributed by atoms with van der Waals surface area (Å²) in [6.45, 7) is 8.01. The monoisotopic (exact) mass is 643 g/mol. The fourth-order valence-electron chi connectivity index (χ4n) is 4.81. The fraction of sp³-hybridized carbons (Fsp3) is 0.455. The van der Waals surface area contributed by atoms with Crippen LogP contribution in [0.4, 0.5) is 0 Å². The lowest BCUT2D eigenvalue weighted by molar-refractivity contribution is -0.131. The molecule has 3 aromatic rings. The van der Waals surface area contributed by atoms with Crippen LogP contribution in [0.3, 0.4) is 0 Å². The third-order valence-electron chi connectivity index (χ3n) is 7.01. The molecular formula is C33H46N3O6PS. The predicted molar refractivity (Wildman–Crippen MR) is 175 cm³/mol. The van der Waals surface area contributed by atoms with E-state index in [4.69, 9.17) is 9.05 Å². The molecule has 0 bridgehead atoms. The molecule has 3 rings (SSSR count). The Bertz CT molecular complexity index is 1320. The molecule has 2 aromatic carbocycles. The molecule has 0 saturated heterocycles. The third kappa shape index (κ3) is 11.6. The Labute approximate surface area is 265 Å². The minimum Gasteiger partial charge on any atom is -0.385 e. The minimum absolute atomic E-state index is 0.0147. The van der Waals surface area contributed by atoms with Crippen LogP contribution in [0.2, 0.25) is 0 Å². The average molecular weight is 644 g/mol. The van der Waals surface area contributed by atoms with Gasteiger partial charge in [-0.2, -0.15) is 0 Å². The molecule has 240 valence electrons. The lowest BCUT2D eigenvalue weighted by atomic mass is 9.96. The summed E-state index contributed by atoms with van der Waals surface area (Å²) < 4.78 is 24.6. The largest absolute Gasteiger partial charge is 0.406 e. The van der Waals surface area contributed by atoms with Gasteiger partial charge < -0.3 is 20.3 Å². The van der Waals surface area contributed by atoms with Crippen LogP contribution in [0.1, 0.15) is 62.6 Å². The Morgan fingerprint density at radius 3 is 1.95 bits per heavy atom. The molecule has 0 saturated carbocycles. The topological polar surface area (TPSA) is 126 Å². The molecule has 5 atom stereocenters. The summed E-state index contributed by atoms with van der Waals surface area (Å²) in [7, 11) is -2.67. The number of carbonyl (C=O) groups excluding carboxylic acids is 2. The van der Waals surface area contributed by atoms with Gasteiger partial charge in [-0.15, -0.1) is 11.3 Å². The van der Waals surface area contributed by atoms with E-state index >= 15 is 0 Å². The summed E-state index contributed by atoms with van der Waals surface area (Å²) in [4.78, 5) is 28.3. The Kier molecular flexibility index (Phi) is 14.2. The van der Waals surface area contributed by atoms with Gasteiger partial charge in [-0.1, -0.05) is 94.4 Å². The normalized spacial score (nSPS) is 15.7. The molecule has 0 aliphatic rings. The number of hydrogen-bond acceptors (Lipinski definition) is 7. The summed E-state index contributed by atoms with van der Waals surface area (Å²) in [6, 6.07) is 19.8. The van der Waals surface area contributed by atoms with Crippen molar-refractivity contribution in [3.63, 3.8) is 0 Å². The van der Waals surface area contributed by atoms with Gasteiger partial charge in [0.05, 0.1) is 12.6 Å². The summed E-state index contributed by atoms with van der Waals surface area (Å²) in [5.74, 6) is -0.611. The van der Waals surface area contributed by atoms with Gasteiger partial charge in [-0.25, -0.2) is 9.65 Å². The lowest BCUT2D eigenvalue weighted by Crippen LogP contribution is -2.55.